The van der Waals surface area contributed by atoms with Crippen molar-refractivity contribution < 1.29 is 0 Å². The van der Waals surface area contributed by atoms with Gasteiger partial charge in [-0.05, 0) is 48.8 Å². The summed E-state index contributed by atoms with van der Waals surface area (Å²) in [5.74, 6) is 1.40. The summed E-state index contributed by atoms with van der Waals surface area (Å²) in [4.78, 5) is 0. The first kappa shape index (κ1) is 13.6. The molecular weight excluding hydrogens is 218 g/mol. The third kappa shape index (κ3) is 3.35. The second-order valence-corrected chi connectivity index (χ2v) is 5.80. The summed E-state index contributed by atoms with van der Waals surface area (Å²) in [6.07, 6.45) is 9.53. The highest BCUT2D eigenvalue weighted by molar-refractivity contribution is 5.33. The van der Waals surface area contributed by atoms with E-state index in [-0.39, 0.29) is 0 Å². The van der Waals surface area contributed by atoms with E-state index in [0.717, 1.165) is 18.9 Å². The van der Waals surface area contributed by atoms with Gasteiger partial charge in [-0.15, -0.1) is 0 Å². The fourth-order valence-corrected chi connectivity index (χ4v) is 3.33. The molecule has 1 aliphatic carbocycles. The van der Waals surface area contributed by atoms with Gasteiger partial charge < -0.3 is 5.73 Å². The van der Waals surface area contributed by atoms with Crippen LogP contribution in [0.1, 0.15) is 74.8 Å². The fraction of sp³-hybridized carbons (Fsp3) is 0.647. The Hall–Kier alpha value is -0.820. The van der Waals surface area contributed by atoms with E-state index in [0.29, 0.717) is 5.92 Å². The maximum atomic E-state index is 5.72. The van der Waals surface area contributed by atoms with E-state index in [9.17, 15) is 0 Å². The van der Waals surface area contributed by atoms with Crippen molar-refractivity contribution in [2.24, 2.45) is 5.73 Å². The van der Waals surface area contributed by atoms with Crippen LogP contribution in [0.4, 0.5) is 0 Å². The maximum Gasteiger partial charge on any atom is -0.00715 e. The van der Waals surface area contributed by atoms with Crippen molar-refractivity contribution in [1.29, 1.82) is 0 Å². The number of hydrogen-bond acceptors (Lipinski definition) is 1. The SMILES string of the molecule is CC(CCN)c1ccccc1C1CCCCCC1. The highest BCUT2D eigenvalue weighted by Gasteiger charge is 2.19. The van der Waals surface area contributed by atoms with Gasteiger partial charge in [0, 0.05) is 0 Å². The Balaban J connectivity index is 2.19. The summed E-state index contributed by atoms with van der Waals surface area (Å²) >= 11 is 0. The van der Waals surface area contributed by atoms with Gasteiger partial charge in [-0.2, -0.15) is 0 Å². The van der Waals surface area contributed by atoms with E-state index >= 15 is 0 Å². The van der Waals surface area contributed by atoms with Crippen LogP contribution in [0, 0.1) is 0 Å². The van der Waals surface area contributed by atoms with Crippen LogP contribution in [0.15, 0.2) is 24.3 Å². The van der Waals surface area contributed by atoms with Gasteiger partial charge in [0.15, 0.2) is 0 Å². The molecule has 0 radical (unpaired) electrons. The average Bonchev–Trinajstić information content (AvgIpc) is 2.68. The molecule has 0 heterocycles. The quantitative estimate of drug-likeness (QED) is 0.772. The normalized spacial score (nSPS) is 19.4. The first-order valence-corrected chi connectivity index (χ1v) is 7.62. The first-order valence-electron chi connectivity index (χ1n) is 7.62. The van der Waals surface area contributed by atoms with Gasteiger partial charge in [-0.3, -0.25) is 0 Å². The number of benzene rings is 1. The zero-order valence-corrected chi connectivity index (χ0v) is 11.7. The monoisotopic (exact) mass is 245 g/mol. The largest absolute Gasteiger partial charge is 0.330 e. The topological polar surface area (TPSA) is 26.0 Å². The van der Waals surface area contributed by atoms with Gasteiger partial charge in [0.25, 0.3) is 0 Å². The highest BCUT2D eigenvalue weighted by Crippen LogP contribution is 2.36. The highest BCUT2D eigenvalue weighted by atomic mass is 14.5. The van der Waals surface area contributed by atoms with Crippen molar-refractivity contribution in [3.63, 3.8) is 0 Å². The second-order valence-electron chi connectivity index (χ2n) is 5.80. The molecule has 0 amide bonds. The van der Waals surface area contributed by atoms with E-state index < -0.39 is 0 Å². The minimum absolute atomic E-state index is 0.606. The molecule has 0 spiro atoms. The van der Waals surface area contributed by atoms with Gasteiger partial charge >= 0.3 is 0 Å². The van der Waals surface area contributed by atoms with Crippen molar-refractivity contribution in [2.75, 3.05) is 6.54 Å². The zero-order valence-electron chi connectivity index (χ0n) is 11.7. The average molecular weight is 245 g/mol. The molecular formula is C17H27N. The Morgan fingerprint density at radius 1 is 1.11 bits per heavy atom. The zero-order chi connectivity index (χ0) is 12.8. The maximum absolute atomic E-state index is 5.72. The summed E-state index contributed by atoms with van der Waals surface area (Å²) in [7, 11) is 0. The second kappa shape index (κ2) is 6.94. The Labute approximate surface area is 112 Å². The van der Waals surface area contributed by atoms with Crippen molar-refractivity contribution in [2.45, 2.75) is 63.7 Å². The summed E-state index contributed by atoms with van der Waals surface area (Å²) < 4.78 is 0. The third-order valence-corrected chi connectivity index (χ3v) is 4.42. The molecule has 0 saturated heterocycles. The predicted octanol–water partition coefficient (Wildman–Crippen LogP) is 4.58. The van der Waals surface area contributed by atoms with Gasteiger partial charge in [0.2, 0.25) is 0 Å². The molecule has 1 atom stereocenters. The molecule has 100 valence electrons. The van der Waals surface area contributed by atoms with Crippen LogP contribution in [0.25, 0.3) is 0 Å². The summed E-state index contributed by atoms with van der Waals surface area (Å²) in [5.41, 5.74) is 8.88. The molecule has 1 aromatic rings. The van der Waals surface area contributed by atoms with Crippen LogP contribution >= 0.6 is 0 Å². The molecule has 1 heteroatoms. The van der Waals surface area contributed by atoms with Crippen molar-refractivity contribution in [3.8, 4) is 0 Å². The van der Waals surface area contributed by atoms with Gasteiger partial charge in [-0.25, -0.2) is 0 Å². The smallest absolute Gasteiger partial charge is 0.00715 e. The van der Waals surface area contributed by atoms with Gasteiger partial charge in [-0.1, -0.05) is 56.9 Å². The lowest BCUT2D eigenvalue weighted by Gasteiger charge is -2.22. The fourth-order valence-electron chi connectivity index (χ4n) is 3.33. The molecule has 1 saturated carbocycles. The Kier molecular flexibility index (Phi) is 5.25. The molecule has 1 fully saturated rings. The van der Waals surface area contributed by atoms with Crippen LogP contribution in [0.2, 0.25) is 0 Å². The van der Waals surface area contributed by atoms with Crippen LogP contribution in [0.3, 0.4) is 0 Å². The van der Waals surface area contributed by atoms with Crippen LogP contribution < -0.4 is 5.73 Å². The van der Waals surface area contributed by atoms with Gasteiger partial charge in [0.05, 0.1) is 0 Å². The summed E-state index contributed by atoms with van der Waals surface area (Å²) in [6, 6.07) is 9.07. The van der Waals surface area contributed by atoms with Crippen molar-refractivity contribution >= 4 is 0 Å². The lowest BCUT2D eigenvalue weighted by Crippen LogP contribution is -2.09. The lowest BCUT2D eigenvalue weighted by molar-refractivity contribution is 0.575. The lowest BCUT2D eigenvalue weighted by atomic mass is 9.83. The van der Waals surface area contributed by atoms with E-state index in [2.05, 4.69) is 31.2 Å². The minimum Gasteiger partial charge on any atom is -0.330 e. The van der Waals surface area contributed by atoms with Crippen LogP contribution in [-0.2, 0) is 0 Å². The third-order valence-electron chi connectivity index (χ3n) is 4.42. The number of hydrogen-bond donors (Lipinski definition) is 1. The van der Waals surface area contributed by atoms with E-state index in [1.807, 2.05) is 0 Å². The Bertz CT molecular complexity index is 350. The summed E-state index contributed by atoms with van der Waals surface area (Å²) in [6.45, 7) is 3.11. The van der Waals surface area contributed by atoms with Crippen molar-refractivity contribution in [1.82, 2.24) is 0 Å². The van der Waals surface area contributed by atoms with Crippen LogP contribution in [-0.4, -0.2) is 6.54 Å². The molecule has 1 nitrogen and oxygen atoms in total. The summed E-state index contributed by atoms with van der Waals surface area (Å²) in [5, 5.41) is 0. The van der Waals surface area contributed by atoms with Crippen LogP contribution in [0.5, 0.6) is 0 Å². The van der Waals surface area contributed by atoms with E-state index in [1.54, 1.807) is 11.1 Å². The Morgan fingerprint density at radius 3 is 2.44 bits per heavy atom. The molecule has 0 aromatic heterocycles. The number of rotatable bonds is 4. The van der Waals surface area contributed by atoms with E-state index in [1.165, 1.54) is 38.5 Å². The molecule has 1 unspecified atom stereocenters. The van der Waals surface area contributed by atoms with Gasteiger partial charge in [0.1, 0.15) is 0 Å². The molecule has 2 rings (SSSR count). The number of nitrogens with two attached hydrogens (primary N) is 1. The predicted molar refractivity (Wildman–Crippen MR) is 79.0 cm³/mol. The molecule has 1 aliphatic rings. The minimum atomic E-state index is 0.606. The molecule has 1 aromatic carbocycles. The first-order chi connectivity index (χ1) is 8.83. The molecule has 0 aliphatic heterocycles. The standard InChI is InChI=1S/C17H27N/c1-14(12-13-18)16-10-6-7-11-17(16)15-8-4-2-3-5-9-15/h6-7,10-11,14-15H,2-5,8-9,12-13,18H2,1H3. The van der Waals surface area contributed by atoms with E-state index in [4.69, 9.17) is 5.73 Å². The Morgan fingerprint density at radius 2 is 1.78 bits per heavy atom. The van der Waals surface area contributed by atoms with Crippen molar-refractivity contribution in [3.05, 3.63) is 35.4 Å². The molecule has 18 heavy (non-hydrogen) atoms. The molecule has 2 N–H and O–H groups in total. The molecule has 0 bridgehead atoms.